The minimum atomic E-state index is -0.135. The highest BCUT2D eigenvalue weighted by atomic mass is 79.9. The van der Waals surface area contributed by atoms with Gasteiger partial charge in [-0.2, -0.15) is 0 Å². The minimum Gasteiger partial charge on any atom is -0.451 e. The first kappa shape index (κ1) is 12.0. The zero-order valence-corrected chi connectivity index (χ0v) is 12.1. The molecule has 1 aromatic carbocycles. The van der Waals surface area contributed by atoms with Crippen molar-refractivity contribution in [3.8, 4) is 0 Å². The normalized spacial score (nSPS) is 11.0. The lowest BCUT2D eigenvalue weighted by Crippen LogP contribution is -1.96. The van der Waals surface area contributed by atoms with Gasteiger partial charge in [0.1, 0.15) is 0 Å². The van der Waals surface area contributed by atoms with E-state index in [-0.39, 0.29) is 5.78 Å². The molecule has 0 aliphatic rings. The van der Waals surface area contributed by atoms with E-state index in [2.05, 4.69) is 15.9 Å². The SMILES string of the molecule is O=C(c1csc(Br)c1)c1cc2cccc(Cl)c2o1. The number of thiophene rings is 1. The van der Waals surface area contributed by atoms with Gasteiger partial charge in [-0.25, -0.2) is 0 Å². The van der Waals surface area contributed by atoms with E-state index in [1.54, 1.807) is 23.6 Å². The molecule has 0 fully saturated rings. The van der Waals surface area contributed by atoms with Gasteiger partial charge < -0.3 is 4.42 Å². The van der Waals surface area contributed by atoms with Crippen molar-refractivity contribution >= 4 is 55.6 Å². The lowest BCUT2D eigenvalue weighted by Gasteiger charge is -1.92. The third-order valence-electron chi connectivity index (χ3n) is 2.55. The van der Waals surface area contributed by atoms with Crippen molar-refractivity contribution in [2.24, 2.45) is 0 Å². The molecule has 0 saturated carbocycles. The van der Waals surface area contributed by atoms with Gasteiger partial charge in [-0.3, -0.25) is 4.79 Å². The molecule has 0 amide bonds. The summed E-state index contributed by atoms with van der Waals surface area (Å²) in [6.07, 6.45) is 0. The molecule has 0 aliphatic carbocycles. The predicted octanol–water partition coefficient (Wildman–Crippen LogP) is 5.14. The van der Waals surface area contributed by atoms with Gasteiger partial charge in [0, 0.05) is 16.3 Å². The minimum absolute atomic E-state index is 0.135. The molecule has 0 spiro atoms. The molecule has 0 aliphatic heterocycles. The smallest absolute Gasteiger partial charge is 0.229 e. The number of furan rings is 1. The summed E-state index contributed by atoms with van der Waals surface area (Å²) in [5.41, 5.74) is 1.17. The molecule has 2 aromatic heterocycles. The molecule has 0 radical (unpaired) electrons. The Balaban J connectivity index is 2.10. The molecule has 18 heavy (non-hydrogen) atoms. The summed E-state index contributed by atoms with van der Waals surface area (Å²) in [7, 11) is 0. The van der Waals surface area contributed by atoms with Crippen LogP contribution in [0.1, 0.15) is 16.1 Å². The number of para-hydroxylation sites is 1. The van der Waals surface area contributed by atoms with Crippen molar-refractivity contribution in [2.75, 3.05) is 0 Å². The van der Waals surface area contributed by atoms with Crippen molar-refractivity contribution in [1.82, 2.24) is 0 Å². The molecule has 90 valence electrons. The first-order chi connectivity index (χ1) is 8.65. The molecule has 0 unspecified atom stereocenters. The number of hydrogen-bond donors (Lipinski definition) is 0. The highest BCUT2D eigenvalue weighted by molar-refractivity contribution is 9.11. The number of carbonyl (C=O) groups is 1. The summed E-state index contributed by atoms with van der Waals surface area (Å²) < 4.78 is 6.45. The zero-order chi connectivity index (χ0) is 12.7. The average molecular weight is 342 g/mol. The van der Waals surface area contributed by atoms with E-state index in [1.165, 1.54) is 11.3 Å². The van der Waals surface area contributed by atoms with E-state index >= 15 is 0 Å². The predicted molar refractivity (Wildman–Crippen MR) is 76.7 cm³/mol. The summed E-state index contributed by atoms with van der Waals surface area (Å²) in [6.45, 7) is 0. The molecule has 0 N–H and O–H groups in total. The van der Waals surface area contributed by atoms with Crippen LogP contribution in [-0.2, 0) is 0 Å². The second kappa shape index (κ2) is 4.53. The van der Waals surface area contributed by atoms with E-state index in [4.69, 9.17) is 16.0 Å². The molecule has 0 atom stereocenters. The molecule has 3 aromatic rings. The fourth-order valence-electron chi connectivity index (χ4n) is 1.71. The van der Waals surface area contributed by atoms with Gasteiger partial charge in [0.25, 0.3) is 0 Å². The quantitative estimate of drug-likeness (QED) is 0.604. The van der Waals surface area contributed by atoms with Gasteiger partial charge in [-0.05, 0) is 34.1 Å². The standard InChI is InChI=1S/C13H6BrClO2S/c14-11-5-8(6-18-11)12(16)10-4-7-2-1-3-9(15)13(7)17-10/h1-6H. The van der Waals surface area contributed by atoms with Crippen LogP contribution < -0.4 is 0 Å². The maximum absolute atomic E-state index is 12.2. The lowest BCUT2D eigenvalue weighted by atomic mass is 10.1. The van der Waals surface area contributed by atoms with Gasteiger partial charge in [0.2, 0.25) is 5.78 Å². The van der Waals surface area contributed by atoms with E-state index in [0.717, 1.165) is 9.17 Å². The Morgan fingerprint density at radius 1 is 1.33 bits per heavy atom. The van der Waals surface area contributed by atoms with Crippen molar-refractivity contribution in [1.29, 1.82) is 0 Å². The van der Waals surface area contributed by atoms with Crippen LogP contribution in [-0.4, -0.2) is 5.78 Å². The highest BCUT2D eigenvalue weighted by Crippen LogP contribution is 2.29. The summed E-state index contributed by atoms with van der Waals surface area (Å²) in [5.74, 6) is 0.174. The Bertz CT molecular complexity index is 744. The Labute approximate surface area is 120 Å². The number of hydrogen-bond acceptors (Lipinski definition) is 3. The van der Waals surface area contributed by atoms with Gasteiger partial charge >= 0.3 is 0 Å². The van der Waals surface area contributed by atoms with Crippen LogP contribution in [0.4, 0.5) is 0 Å². The van der Waals surface area contributed by atoms with Crippen LogP contribution in [0.5, 0.6) is 0 Å². The molecule has 2 nitrogen and oxygen atoms in total. The highest BCUT2D eigenvalue weighted by Gasteiger charge is 2.16. The fraction of sp³-hybridized carbons (Fsp3) is 0. The Kier molecular flexibility index (Phi) is 3.01. The monoisotopic (exact) mass is 340 g/mol. The van der Waals surface area contributed by atoms with Crippen LogP contribution in [0, 0.1) is 0 Å². The Hall–Kier alpha value is -1.10. The molecular weight excluding hydrogens is 336 g/mol. The number of rotatable bonds is 2. The lowest BCUT2D eigenvalue weighted by molar-refractivity contribution is 0.101. The summed E-state index contributed by atoms with van der Waals surface area (Å²) in [4.78, 5) is 12.2. The Morgan fingerprint density at radius 3 is 2.83 bits per heavy atom. The second-order valence-corrected chi connectivity index (χ2v) is 6.44. The largest absolute Gasteiger partial charge is 0.451 e. The second-order valence-electron chi connectivity index (χ2n) is 3.74. The molecule has 2 heterocycles. The van der Waals surface area contributed by atoms with Crippen LogP contribution in [0.3, 0.4) is 0 Å². The molecule has 0 saturated heterocycles. The van der Waals surface area contributed by atoms with E-state index in [1.807, 2.05) is 12.1 Å². The number of fused-ring (bicyclic) bond motifs is 1. The molecule has 0 bridgehead atoms. The number of carbonyl (C=O) groups excluding carboxylic acids is 1. The molecule has 5 heteroatoms. The van der Waals surface area contributed by atoms with Gasteiger partial charge in [-0.1, -0.05) is 23.7 Å². The number of benzene rings is 1. The number of halogens is 2. The summed E-state index contributed by atoms with van der Waals surface area (Å²) in [6, 6.07) is 8.93. The van der Waals surface area contributed by atoms with Crippen molar-refractivity contribution < 1.29 is 9.21 Å². The average Bonchev–Trinajstić information content (AvgIpc) is 2.95. The van der Waals surface area contributed by atoms with Gasteiger partial charge in [-0.15, -0.1) is 11.3 Å². The summed E-state index contributed by atoms with van der Waals surface area (Å²) in [5, 5.41) is 3.14. The summed E-state index contributed by atoms with van der Waals surface area (Å²) >= 11 is 10.8. The van der Waals surface area contributed by atoms with E-state index in [0.29, 0.717) is 21.9 Å². The third-order valence-corrected chi connectivity index (χ3v) is 4.35. The van der Waals surface area contributed by atoms with Crippen molar-refractivity contribution in [3.05, 3.63) is 55.8 Å². The number of ketones is 1. The molecule has 3 rings (SSSR count). The van der Waals surface area contributed by atoms with Gasteiger partial charge in [0.05, 0.1) is 8.81 Å². The molecular formula is C13H6BrClO2S. The van der Waals surface area contributed by atoms with Crippen molar-refractivity contribution in [3.63, 3.8) is 0 Å². The zero-order valence-electron chi connectivity index (χ0n) is 8.94. The van der Waals surface area contributed by atoms with Crippen molar-refractivity contribution in [2.45, 2.75) is 0 Å². The Morgan fingerprint density at radius 2 is 2.17 bits per heavy atom. The first-order valence-electron chi connectivity index (χ1n) is 5.12. The topological polar surface area (TPSA) is 30.2 Å². The van der Waals surface area contributed by atoms with Gasteiger partial charge in [0.15, 0.2) is 11.3 Å². The van der Waals surface area contributed by atoms with E-state index in [9.17, 15) is 4.79 Å². The van der Waals surface area contributed by atoms with Crippen LogP contribution in [0.2, 0.25) is 5.02 Å². The maximum Gasteiger partial charge on any atom is 0.229 e. The first-order valence-corrected chi connectivity index (χ1v) is 7.17. The van der Waals surface area contributed by atoms with Crippen LogP contribution in [0.25, 0.3) is 11.0 Å². The van der Waals surface area contributed by atoms with Crippen LogP contribution in [0.15, 0.2) is 43.9 Å². The fourth-order valence-corrected chi connectivity index (χ4v) is 3.07. The van der Waals surface area contributed by atoms with Crippen LogP contribution >= 0.6 is 38.9 Å². The third kappa shape index (κ3) is 2.00. The maximum atomic E-state index is 12.2. The van der Waals surface area contributed by atoms with E-state index < -0.39 is 0 Å².